The molecule has 0 aliphatic heterocycles. The number of hydrogen-bond acceptors (Lipinski definition) is 2. The first kappa shape index (κ1) is 14.5. The maximum atomic E-state index is 12.6. The van der Waals surface area contributed by atoms with E-state index >= 15 is 0 Å². The Morgan fingerprint density at radius 2 is 2.05 bits per heavy atom. The highest BCUT2D eigenvalue weighted by Gasteiger charge is 2.54. The number of allylic oxidation sites excluding steroid dienone is 4. The van der Waals surface area contributed by atoms with Gasteiger partial charge in [0, 0.05) is 19.1 Å². The Hall–Kier alpha value is -0.890. The van der Waals surface area contributed by atoms with Gasteiger partial charge < -0.3 is 4.74 Å². The second-order valence-corrected chi connectivity index (χ2v) is 6.87. The van der Waals surface area contributed by atoms with Gasteiger partial charge in [-0.2, -0.15) is 0 Å². The Balaban J connectivity index is 2.44. The zero-order valence-corrected chi connectivity index (χ0v) is 12.8. The highest BCUT2D eigenvalue weighted by atomic mass is 16.5. The molecule has 0 spiro atoms. The van der Waals surface area contributed by atoms with Crippen LogP contribution in [0.2, 0.25) is 0 Å². The molecular weight excluding hydrogens is 236 g/mol. The summed E-state index contributed by atoms with van der Waals surface area (Å²) < 4.78 is 5.25. The van der Waals surface area contributed by atoms with Gasteiger partial charge in [-0.05, 0) is 43.1 Å². The average Bonchev–Trinajstić information content (AvgIpc) is 2.34. The van der Waals surface area contributed by atoms with Gasteiger partial charge in [0.2, 0.25) is 0 Å². The molecule has 0 fully saturated rings. The molecule has 3 atom stereocenters. The van der Waals surface area contributed by atoms with Crippen LogP contribution in [0.1, 0.15) is 40.5 Å². The van der Waals surface area contributed by atoms with E-state index in [9.17, 15) is 4.79 Å². The largest absolute Gasteiger partial charge is 0.385 e. The summed E-state index contributed by atoms with van der Waals surface area (Å²) in [7, 11) is 1.73. The van der Waals surface area contributed by atoms with Crippen LogP contribution >= 0.6 is 0 Å². The van der Waals surface area contributed by atoms with Crippen molar-refractivity contribution in [1.82, 2.24) is 0 Å². The van der Waals surface area contributed by atoms with Gasteiger partial charge in [0.15, 0.2) is 5.78 Å². The van der Waals surface area contributed by atoms with Gasteiger partial charge in [-0.3, -0.25) is 4.79 Å². The molecule has 0 aromatic rings. The van der Waals surface area contributed by atoms with Crippen molar-refractivity contribution in [2.75, 3.05) is 13.7 Å². The molecule has 0 N–H and O–H groups in total. The molecule has 0 radical (unpaired) electrons. The summed E-state index contributed by atoms with van der Waals surface area (Å²) in [6.07, 6.45) is 8.19. The lowest BCUT2D eigenvalue weighted by Gasteiger charge is -2.53. The van der Waals surface area contributed by atoms with E-state index in [2.05, 4.69) is 39.8 Å². The molecule has 19 heavy (non-hydrogen) atoms. The van der Waals surface area contributed by atoms with Gasteiger partial charge in [0.1, 0.15) is 0 Å². The van der Waals surface area contributed by atoms with E-state index < -0.39 is 0 Å². The van der Waals surface area contributed by atoms with Crippen LogP contribution in [0.3, 0.4) is 0 Å². The molecule has 2 heteroatoms. The Morgan fingerprint density at radius 1 is 1.37 bits per heavy atom. The minimum Gasteiger partial charge on any atom is -0.385 e. The first-order chi connectivity index (χ1) is 8.84. The number of hydrogen-bond donors (Lipinski definition) is 0. The van der Waals surface area contributed by atoms with Gasteiger partial charge in [0.05, 0.1) is 0 Å². The summed E-state index contributed by atoms with van der Waals surface area (Å²) in [6.45, 7) is 9.56. The van der Waals surface area contributed by atoms with E-state index in [4.69, 9.17) is 4.74 Å². The zero-order valence-electron chi connectivity index (χ0n) is 12.8. The molecule has 0 amide bonds. The van der Waals surface area contributed by atoms with Crippen LogP contribution in [-0.2, 0) is 9.53 Å². The smallest absolute Gasteiger partial charge is 0.162 e. The minimum absolute atomic E-state index is 0.0885. The fourth-order valence-corrected chi connectivity index (χ4v) is 4.18. The van der Waals surface area contributed by atoms with Crippen molar-refractivity contribution in [3.05, 3.63) is 23.8 Å². The van der Waals surface area contributed by atoms with Gasteiger partial charge in [0.25, 0.3) is 0 Å². The van der Waals surface area contributed by atoms with E-state index in [-0.39, 0.29) is 10.8 Å². The summed E-state index contributed by atoms with van der Waals surface area (Å²) >= 11 is 0. The molecule has 0 aromatic heterocycles. The average molecular weight is 262 g/mol. The maximum absolute atomic E-state index is 12.6. The van der Waals surface area contributed by atoms with Crippen molar-refractivity contribution in [3.63, 3.8) is 0 Å². The highest BCUT2D eigenvalue weighted by Crippen LogP contribution is 2.56. The van der Waals surface area contributed by atoms with Crippen molar-refractivity contribution in [1.29, 1.82) is 0 Å². The standard InChI is InChI=1S/C17H26O2/c1-12-6-7-14-16(2,3)10-8-15(18)17(14,4)13(12)9-11-19-5/h6,8,10,13-14H,7,9,11H2,1-5H3/t13-,14-,17-/m0/s1. The van der Waals surface area contributed by atoms with Crippen molar-refractivity contribution in [2.45, 2.75) is 40.5 Å². The van der Waals surface area contributed by atoms with Gasteiger partial charge >= 0.3 is 0 Å². The second-order valence-electron chi connectivity index (χ2n) is 6.87. The molecule has 2 rings (SSSR count). The Morgan fingerprint density at radius 3 is 2.68 bits per heavy atom. The number of fused-ring (bicyclic) bond motifs is 1. The molecule has 0 saturated carbocycles. The summed E-state index contributed by atoms with van der Waals surface area (Å²) in [5.41, 5.74) is 1.18. The quantitative estimate of drug-likeness (QED) is 0.724. The maximum Gasteiger partial charge on any atom is 0.162 e. The molecule has 2 aliphatic carbocycles. The summed E-state index contributed by atoms with van der Waals surface area (Å²) in [5.74, 6) is 0.997. The molecule has 0 aromatic carbocycles. The molecule has 0 bridgehead atoms. The van der Waals surface area contributed by atoms with Crippen molar-refractivity contribution in [3.8, 4) is 0 Å². The zero-order chi connectivity index (χ0) is 14.3. The summed E-state index contributed by atoms with van der Waals surface area (Å²) in [5, 5.41) is 0. The first-order valence-corrected chi connectivity index (χ1v) is 7.23. The summed E-state index contributed by atoms with van der Waals surface area (Å²) in [4.78, 5) is 12.6. The number of ketones is 1. The Labute approximate surface area is 116 Å². The third-order valence-electron chi connectivity index (χ3n) is 5.38. The lowest BCUT2D eigenvalue weighted by atomic mass is 9.50. The van der Waals surface area contributed by atoms with Crippen LogP contribution in [0.15, 0.2) is 23.8 Å². The molecule has 0 unspecified atom stereocenters. The van der Waals surface area contributed by atoms with Crippen LogP contribution in [0.5, 0.6) is 0 Å². The van der Waals surface area contributed by atoms with Crippen molar-refractivity contribution in [2.24, 2.45) is 22.7 Å². The van der Waals surface area contributed by atoms with E-state index in [1.165, 1.54) is 5.57 Å². The Kier molecular flexibility index (Phi) is 3.74. The highest BCUT2D eigenvalue weighted by molar-refractivity contribution is 5.96. The van der Waals surface area contributed by atoms with Crippen LogP contribution in [0.4, 0.5) is 0 Å². The lowest BCUT2D eigenvalue weighted by Crippen LogP contribution is -2.51. The fraction of sp³-hybridized carbons (Fsp3) is 0.706. The fourth-order valence-electron chi connectivity index (χ4n) is 4.18. The predicted molar refractivity (Wildman–Crippen MR) is 77.9 cm³/mol. The third-order valence-corrected chi connectivity index (χ3v) is 5.38. The molecule has 106 valence electrons. The number of carbonyl (C=O) groups is 1. The van der Waals surface area contributed by atoms with E-state index in [0.29, 0.717) is 17.6 Å². The molecule has 2 nitrogen and oxygen atoms in total. The second kappa shape index (κ2) is 4.90. The monoisotopic (exact) mass is 262 g/mol. The molecule has 0 saturated heterocycles. The number of rotatable bonds is 3. The van der Waals surface area contributed by atoms with Crippen LogP contribution in [-0.4, -0.2) is 19.5 Å². The number of carbonyl (C=O) groups excluding carboxylic acids is 1. The minimum atomic E-state index is -0.268. The van der Waals surface area contributed by atoms with Gasteiger partial charge in [-0.1, -0.05) is 38.5 Å². The first-order valence-electron chi connectivity index (χ1n) is 7.23. The van der Waals surface area contributed by atoms with E-state index in [1.54, 1.807) is 7.11 Å². The Bertz CT molecular complexity index is 431. The third kappa shape index (κ3) is 2.20. The van der Waals surface area contributed by atoms with Gasteiger partial charge in [-0.15, -0.1) is 0 Å². The van der Waals surface area contributed by atoms with E-state index in [1.807, 2.05) is 6.08 Å². The van der Waals surface area contributed by atoms with Crippen LogP contribution in [0.25, 0.3) is 0 Å². The topological polar surface area (TPSA) is 26.3 Å². The predicted octanol–water partition coefficient (Wildman–Crippen LogP) is 3.78. The lowest BCUT2D eigenvalue weighted by molar-refractivity contribution is -0.134. The number of methoxy groups -OCH3 is 1. The molecular formula is C17H26O2. The summed E-state index contributed by atoms with van der Waals surface area (Å²) in [6, 6.07) is 0. The normalized spacial score (nSPS) is 36.9. The molecule has 0 heterocycles. The number of ether oxygens (including phenoxy) is 1. The van der Waals surface area contributed by atoms with Gasteiger partial charge in [-0.25, -0.2) is 0 Å². The van der Waals surface area contributed by atoms with Crippen LogP contribution in [0, 0.1) is 22.7 Å². The van der Waals surface area contributed by atoms with Crippen LogP contribution < -0.4 is 0 Å². The molecule has 2 aliphatic rings. The van der Waals surface area contributed by atoms with Crippen molar-refractivity contribution < 1.29 is 9.53 Å². The van der Waals surface area contributed by atoms with Crippen molar-refractivity contribution >= 4 is 5.78 Å². The SMILES string of the molecule is COCC[C@H]1C(C)=CC[C@H]2C(C)(C)C=CC(=O)[C@@]12C. The van der Waals surface area contributed by atoms with E-state index in [0.717, 1.165) is 19.4 Å².